The molecule has 0 rings (SSSR count). The minimum absolute atomic E-state index is 0.306. The third-order valence-corrected chi connectivity index (χ3v) is 0.814. The molecule has 0 radical (unpaired) electrons. The van der Waals surface area contributed by atoms with Gasteiger partial charge in [0.15, 0.2) is 0 Å². The molecule has 0 aliphatic carbocycles. The summed E-state index contributed by atoms with van der Waals surface area (Å²) in [6.45, 7) is 8.29. The topological polar surface area (TPSA) is 9.23 Å². The molecule has 1 nitrogen and oxygen atoms in total. The van der Waals surface area contributed by atoms with Gasteiger partial charge in [-0.2, -0.15) is 0 Å². The van der Waals surface area contributed by atoms with E-state index in [4.69, 9.17) is 4.74 Å². The monoisotopic (exact) mass is 128 g/mol. The second kappa shape index (κ2) is 4.42. The Morgan fingerprint density at radius 1 is 1.11 bits per heavy atom. The van der Waals surface area contributed by atoms with Crippen LogP contribution in [0.4, 0.5) is 0 Å². The summed E-state index contributed by atoms with van der Waals surface area (Å²) in [4.78, 5) is 0. The first-order valence-electron chi connectivity index (χ1n) is 3.45. The van der Waals surface area contributed by atoms with Crippen LogP contribution in [0.1, 0.15) is 27.7 Å². The second-order valence-electron chi connectivity index (χ2n) is 2.76. The molecule has 0 amide bonds. The molecule has 9 heavy (non-hydrogen) atoms. The van der Waals surface area contributed by atoms with Crippen molar-refractivity contribution >= 4 is 0 Å². The maximum absolute atomic E-state index is 5.17. The number of hydrogen-bond acceptors (Lipinski definition) is 1. The van der Waals surface area contributed by atoms with Crippen LogP contribution < -0.4 is 0 Å². The molecule has 54 valence electrons. The van der Waals surface area contributed by atoms with Gasteiger partial charge >= 0.3 is 0 Å². The molecule has 0 N–H and O–H groups in total. The van der Waals surface area contributed by atoms with Gasteiger partial charge in [0.1, 0.15) is 0 Å². The molecule has 0 saturated heterocycles. The average molecular weight is 128 g/mol. The zero-order valence-electron chi connectivity index (χ0n) is 6.72. The molecule has 1 heteroatoms. The van der Waals surface area contributed by atoms with Crippen LogP contribution in [0.2, 0.25) is 0 Å². The summed E-state index contributed by atoms with van der Waals surface area (Å²) >= 11 is 0. The van der Waals surface area contributed by atoms with E-state index in [-0.39, 0.29) is 0 Å². The zero-order chi connectivity index (χ0) is 7.28. The van der Waals surface area contributed by atoms with Crippen molar-refractivity contribution in [3.63, 3.8) is 0 Å². The van der Waals surface area contributed by atoms with E-state index in [1.165, 1.54) is 0 Å². The maximum atomic E-state index is 5.17. The van der Waals surface area contributed by atoms with Crippen LogP contribution >= 0.6 is 0 Å². The molecule has 0 aromatic heterocycles. The molecule has 0 unspecified atom stereocenters. The average Bonchev–Trinajstić information content (AvgIpc) is 1.63. The quantitative estimate of drug-likeness (QED) is 0.531. The molecule has 0 aromatic rings. The Bertz CT molecular complexity index is 82.6. The first-order chi connectivity index (χ1) is 4.13. The molecule has 0 spiro atoms. The van der Waals surface area contributed by atoms with Crippen LogP contribution in [-0.4, -0.2) is 6.10 Å². The van der Waals surface area contributed by atoms with Crippen LogP contribution in [0.15, 0.2) is 12.3 Å². The summed E-state index contributed by atoms with van der Waals surface area (Å²) in [7, 11) is 0. The van der Waals surface area contributed by atoms with Crippen molar-refractivity contribution in [3.8, 4) is 0 Å². The van der Waals surface area contributed by atoms with Crippen molar-refractivity contribution in [2.45, 2.75) is 33.8 Å². The highest BCUT2D eigenvalue weighted by Crippen LogP contribution is 1.95. The van der Waals surface area contributed by atoms with E-state index in [2.05, 4.69) is 13.8 Å². The van der Waals surface area contributed by atoms with Crippen LogP contribution in [0, 0.1) is 5.92 Å². The minimum Gasteiger partial charge on any atom is -0.499 e. The number of ether oxygens (including phenoxy) is 1. The lowest BCUT2D eigenvalue weighted by molar-refractivity contribution is 0.178. The predicted molar refractivity (Wildman–Crippen MR) is 40.2 cm³/mol. The van der Waals surface area contributed by atoms with Gasteiger partial charge in [-0.1, -0.05) is 13.8 Å². The van der Waals surface area contributed by atoms with Gasteiger partial charge in [-0.25, -0.2) is 0 Å². The summed E-state index contributed by atoms with van der Waals surface area (Å²) in [6.07, 6.45) is 4.12. The summed E-state index contributed by atoms with van der Waals surface area (Å²) in [5.41, 5.74) is 0. The molecule has 0 aromatic carbocycles. The van der Waals surface area contributed by atoms with Crippen LogP contribution in [0.3, 0.4) is 0 Å². The van der Waals surface area contributed by atoms with Gasteiger partial charge < -0.3 is 4.74 Å². The Hall–Kier alpha value is -0.460. The minimum atomic E-state index is 0.306. The molecule has 0 heterocycles. The lowest BCUT2D eigenvalue weighted by Crippen LogP contribution is -1.95. The lowest BCUT2D eigenvalue weighted by Gasteiger charge is -2.02. The predicted octanol–water partition coefficient (Wildman–Crippen LogP) is 2.58. The van der Waals surface area contributed by atoms with Gasteiger partial charge in [-0.05, 0) is 25.8 Å². The Labute approximate surface area is 57.7 Å². The van der Waals surface area contributed by atoms with Crippen LogP contribution in [0.5, 0.6) is 0 Å². The highest BCUT2D eigenvalue weighted by Gasteiger charge is 1.86. The first kappa shape index (κ1) is 8.54. The second-order valence-corrected chi connectivity index (χ2v) is 2.76. The number of allylic oxidation sites excluding steroid dienone is 1. The molecule has 0 bridgehead atoms. The fourth-order valence-corrected chi connectivity index (χ4v) is 0.360. The fraction of sp³-hybridized carbons (Fsp3) is 0.750. The first-order valence-corrected chi connectivity index (χ1v) is 3.45. The van der Waals surface area contributed by atoms with E-state index >= 15 is 0 Å². The van der Waals surface area contributed by atoms with E-state index in [1.807, 2.05) is 19.9 Å². The molecule has 0 aliphatic heterocycles. The van der Waals surface area contributed by atoms with Crippen LogP contribution in [0.25, 0.3) is 0 Å². The standard InChI is InChI=1S/C8H16O/c1-7(2)5-6-9-8(3)4/h5-8H,1-4H3. The molecule has 0 fully saturated rings. The Morgan fingerprint density at radius 2 is 1.67 bits per heavy atom. The highest BCUT2D eigenvalue weighted by molar-refractivity contribution is 4.77. The third-order valence-electron chi connectivity index (χ3n) is 0.814. The smallest absolute Gasteiger partial charge is 0.0922 e. The van der Waals surface area contributed by atoms with Crippen molar-refractivity contribution < 1.29 is 4.74 Å². The Kier molecular flexibility index (Phi) is 4.20. The fourth-order valence-electron chi connectivity index (χ4n) is 0.360. The summed E-state index contributed by atoms with van der Waals surface area (Å²) in [6, 6.07) is 0. The van der Waals surface area contributed by atoms with Crippen molar-refractivity contribution in [1.29, 1.82) is 0 Å². The van der Waals surface area contributed by atoms with E-state index < -0.39 is 0 Å². The number of hydrogen-bond donors (Lipinski definition) is 0. The summed E-state index contributed by atoms with van der Waals surface area (Å²) in [5, 5.41) is 0. The zero-order valence-corrected chi connectivity index (χ0v) is 6.72. The summed E-state index contributed by atoms with van der Waals surface area (Å²) in [5.74, 6) is 0.587. The van der Waals surface area contributed by atoms with Gasteiger partial charge in [0.05, 0.1) is 12.4 Å². The van der Waals surface area contributed by atoms with E-state index in [9.17, 15) is 0 Å². The van der Waals surface area contributed by atoms with Crippen LogP contribution in [-0.2, 0) is 4.74 Å². The Balaban J connectivity index is 3.25. The van der Waals surface area contributed by atoms with Gasteiger partial charge in [0, 0.05) is 0 Å². The lowest BCUT2D eigenvalue weighted by atomic mass is 10.2. The summed E-state index contributed by atoms with van der Waals surface area (Å²) < 4.78 is 5.17. The molecule has 0 saturated carbocycles. The molecular weight excluding hydrogens is 112 g/mol. The highest BCUT2D eigenvalue weighted by atomic mass is 16.5. The van der Waals surface area contributed by atoms with E-state index in [0.29, 0.717) is 12.0 Å². The van der Waals surface area contributed by atoms with E-state index in [0.717, 1.165) is 0 Å². The van der Waals surface area contributed by atoms with E-state index in [1.54, 1.807) is 6.26 Å². The van der Waals surface area contributed by atoms with Gasteiger partial charge in [-0.3, -0.25) is 0 Å². The van der Waals surface area contributed by atoms with Gasteiger partial charge in [-0.15, -0.1) is 0 Å². The van der Waals surface area contributed by atoms with Crippen molar-refractivity contribution in [2.75, 3.05) is 0 Å². The number of rotatable bonds is 3. The van der Waals surface area contributed by atoms with Crippen molar-refractivity contribution in [3.05, 3.63) is 12.3 Å². The van der Waals surface area contributed by atoms with Crippen molar-refractivity contribution in [1.82, 2.24) is 0 Å². The molecule has 0 aliphatic rings. The third kappa shape index (κ3) is 7.54. The molecule has 0 atom stereocenters. The maximum Gasteiger partial charge on any atom is 0.0922 e. The van der Waals surface area contributed by atoms with Crippen molar-refractivity contribution in [2.24, 2.45) is 5.92 Å². The largest absolute Gasteiger partial charge is 0.499 e. The van der Waals surface area contributed by atoms with Gasteiger partial charge in [0.2, 0.25) is 0 Å². The van der Waals surface area contributed by atoms with Gasteiger partial charge in [0.25, 0.3) is 0 Å². The molecular formula is C8H16O. The normalized spacial score (nSPS) is 11.8. The Morgan fingerprint density at radius 3 is 2.00 bits per heavy atom. The SMILES string of the molecule is CC(C)C=COC(C)C.